The summed E-state index contributed by atoms with van der Waals surface area (Å²) in [4.78, 5) is 12.5. The summed E-state index contributed by atoms with van der Waals surface area (Å²) >= 11 is 0. The van der Waals surface area contributed by atoms with Gasteiger partial charge in [-0.05, 0) is 61.9 Å². The normalized spacial score (nSPS) is 13.2. The minimum Gasteiger partial charge on any atom is -0.457 e. The molecule has 0 aliphatic heterocycles. The number of aliphatic hydroxyl groups excluding tert-OH is 1. The molecule has 1 aromatic heterocycles. The number of hydrogen-bond acceptors (Lipinski definition) is 6. The molecule has 0 aliphatic carbocycles. The van der Waals surface area contributed by atoms with Gasteiger partial charge < -0.3 is 19.7 Å². The molecule has 1 heterocycles. The van der Waals surface area contributed by atoms with Crippen LogP contribution >= 0.6 is 0 Å². The maximum atomic E-state index is 12.7. The van der Waals surface area contributed by atoms with Gasteiger partial charge in [0.25, 0.3) is 0 Å². The number of carbonyl (C=O) groups excluding carboxylic acids is 1. The molecule has 0 saturated heterocycles. The van der Waals surface area contributed by atoms with Crippen molar-refractivity contribution >= 4 is 11.6 Å². The highest BCUT2D eigenvalue weighted by molar-refractivity contribution is 5.94. The molecule has 3 aromatic rings. The van der Waals surface area contributed by atoms with E-state index in [9.17, 15) is 28.3 Å². The Morgan fingerprint density at radius 1 is 1.22 bits per heavy atom. The van der Waals surface area contributed by atoms with Gasteiger partial charge in [0.1, 0.15) is 23.4 Å². The molecule has 32 heavy (non-hydrogen) atoms. The van der Waals surface area contributed by atoms with E-state index in [0.29, 0.717) is 22.8 Å². The Morgan fingerprint density at radius 2 is 1.91 bits per heavy atom. The summed E-state index contributed by atoms with van der Waals surface area (Å²) in [5.74, 6) is -1.24. The molecule has 2 unspecified atom stereocenters. The van der Waals surface area contributed by atoms with Crippen molar-refractivity contribution < 1.29 is 32.3 Å². The third-order valence-corrected chi connectivity index (χ3v) is 4.70. The Labute approximate surface area is 181 Å². The molecule has 7 nitrogen and oxygen atoms in total. The smallest absolute Gasteiger partial charge is 0.416 e. The number of halogens is 3. The fourth-order valence-electron chi connectivity index (χ4n) is 2.94. The van der Waals surface area contributed by atoms with Gasteiger partial charge in [0.2, 0.25) is 5.91 Å². The van der Waals surface area contributed by atoms with Crippen LogP contribution in [0.15, 0.2) is 53.2 Å². The highest BCUT2D eigenvalue weighted by Crippen LogP contribution is 2.33. The number of nitrogens with zero attached hydrogens (tertiary/aromatic N) is 2. The molecule has 2 aromatic carbocycles. The van der Waals surface area contributed by atoms with Crippen LogP contribution in [0.1, 0.15) is 28.6 Å². The number of alkyl halides is 3. The number of anilines is 1. The van der Waals surface area contributed by atoms with Crippen LogP contribution in [0.25, 0.3) is 0 Å². The minimum absolute atomic E-state index is 0.217. The van der Waals surface area contributed by atoms with Crippen LogP contribution in [0.5, 0.6) is 11.5 Å². The summed E-state index contributed by atoms with van der Waals surface area (Å²) in [5.41, 5.74) is 0.395. The molecule has 0 saturated carbocycles. The van der Waals surface area contributed by atoms with Crippen molar-refractivity contribution in [3.05, 3.63) is 71.1 Å². The van der Waals surface area contributed by atoms with Crippen LogP contribution in [0, 0.1) is 31.1 Å². The van der Waals surface area contributed by atoms with Crippen molar-refractivity contribution in [2.24, 2.45) is 5.92 Å². The third kappa shape index (κ3) is 5.07. The second kappa shape index (κ2) is 9.11. The first-order valence-corrected chi connectivity index (χ1v) is 9.35. The van der Waals surface area contributed by atoms with Crippen molar-refractivity contribution in [1.29, 1.82) is 5.26 Å². The SMILES string of the molecule is Cc1cc(NC(=O)C(C#N)C(O)c2cnoc2C)ccc1Oc1ccc(C(F)(F)F)cc1. The van der Waals surface area contributed by atoms with Crippen LogP contribution in [-0.2, 0) is 11.0 Å². The predicted molar refractivity (Wildman–Crippen MR) is 107 cm³/mol. The first kappa shape index (κ1) is 22.8. The summed E-state index contributed by atoms with van der Waals surface area (Å²) in [6, 6.07) is 10.7. The summed E-state index contributed by atoms with van der Waals surface area (Å²) in [7, 11) is 0. The van der Waals surface area contributed by atoms with E-state index >= 15 is 0 Å². The van der Waals surface area contributed by atoms with Crippen molar-refractivity contribution in [3.63, 3.8) is 0 Å². The average Bonchev–Trinajstić information content (AvgIpc) is 3.16. The number of aryl methyl sites for hydroxylation is 2. The predicted octanol–water partition coefficient (Wildman–Crippen LogP) is 4.91. The van der Waals surface area contributed by atoms with Crippen LogP contribution in [-0.4, -0.2) is 16.2 Å². The maximum Gasteiger partial charge on any atom is 0.416 e. The van der Waals surface area contributed by atoms with Crippen molar-refractivity contribution in [1.82, 2.24) is 5.16 Å². The molecule has 2 N–H and O–H groups in total. The lowest BCUT2D eigenvalue weighted by Gasteiger charge is -2.16. The number of ether oxygens (including phenoxy) is 1. The maximum absolute atomic E-state index is 12.7. The minimum atomic E-state index is -4.43. The van der Waals surface area contributed by atoms with E-state index in [1.165, 1.54) is 30.5 Å². The average molecular weight is 445 g/mol. The van der Waals surface area contributed by atoms with E-state index in [-0.39, 0.29) is 11.3 Å². The van der Waals surface area contributed by atoms with E-state index in [2.05, 4.69) is 10.5 Å². The molecule has 0 fully saturated rings. The number of aliphatic hydroxyl groups is 1. The quantitative estimate of drug-likeness (QED) is 0.558. The van der Waals surface area contributed by atoms with Gasteiger partial charge in [-0.3, -0.25) is 4.79 Å². The molecule has 10 heteroatoms. The van der Waals surface area contributed by atoms with Crippen LogP contribution in [0.3, 0.4) is 0 Å². The second-order valence-electron chi connectivity index (χ2n) is 6.98. The number of nitrogens with one attached hydrogen (secondary N) is 1. The first-order valence-electron chi connectivity index (χ1n) is 9.35. The summed E-state index contributed by atoms with van der Waals surface area (Å²) in [6.45, 7) is 3.24. The number of benzene rings is 2. The van der Waals surface area contributed by atoms with Crippen LogP contribution in [0.4, 0.5) is 18.9 Å². The highest BCUT2D eigenvalue weighted by atomic mass is 19.4. The molecular weight excluding hydrogens is 427 g/mol. The lowest BCUT2D eigenvalue weighted by molar-refractivity contribution is -0.137. The van der Waals surface area contributed by atoms with Crippen LogP contribution in [0.2, 0.25) is 0 Å². The lowest BCUT2D eigenvalue weighted by atomic mass is 9.97. The van der Waals surface area contributed by atoms with Gasteiger partial charge in [-0.2, -0.15) is 18.4 Å². The van der Waals surface area contributed by atoms with E-state index in [0.717, 1.165) is 12.1 Å². The standard InChI is InChI=1S/C22H18F3N3O4/c1-12-9-15(28-21(30)17(10-26)20(29)18-11-27-32-13(18)2)5-8-19(12)31-16-6-3-14(4-7-16)22(23,24)25/h3-9,11,17,20,29H,1-2H3,(H,28,30). The van der Waals surface area contributed by atoms with Gasteiger partial charge in [-0.15, -0.1) is 0 Å². The molecule has 166 valence electrons. The monoisotopic (exact) mass is 445 g/mol. The number of nitriles is 1. The largest absolute Gasteiger partial charge is 0.457 e. The van der Waals surface area contributed by atoms with Crippen molar-refractivity contribution in [2.45, 2.75) is 26.1 Å². The Hall–Kier alpha value is -3.84. The number of rotatable bonds is 6. The van der Waals surface area contributed by atoms with Crippen molar-refractivity contribution in [2.75, 3.05) is 5.32 Å². The van der Waals surface area contributed by atoms with Gasteiger partial charge in [0.15, 0.2) is 5.92 Å². The molecular formula is C22H18F3N3O4. The zero-order valence-electron chi connectivity index (χ0n) is 17.0. The van der Waals surface area contributed by atoms with Gasteiger partial charge in [-0.1, -0.05) is 5.16 Å². The zero-order chi connectivity index (χ0) is 23.5. The molecule has 0 radical (unpaired) electrons. The molecule has 3 rings (SSSR count). The Morgan fingerprint density at radius 3 is 2.44 bits per heavy atom. The van der Waals surface area contributed by atoms with Gasteiger partial charge >= 0.3 is 6.18 Å². The van der Waals surface area contributed by atoms with Crippen molar-refractivity contribution in [3.8, 4) is 17.6 Å². The van der Waals surface area contributed by atoms with E-state index in [1.807, 2.05) is 0 Å². The van der Waals surface area contributed by atoms with Crippen LogP contribution < -0.4 is 10.1 Å². The Bertz CT molecular complexity index is 1150. The fraction of sp³-hybridized carbons (Fsp3) is 0.227. The molecule has 1 amide bonds. The summed E-state index contributed by atoms with van der Waals surface area (Å²) < 4.78 is 48.5. The zero-order valence-corrected chi connectivity index (χ0v) is 17.0. The number of amides is 1. The highest BCUT2D eigenvalue weighted by Gasteiger charge is 2.31. The summed E-state index contributed by atoms with van der Waals surface area (Å²) in [5, 5.41) is 25.8. The third-order valence-electron chi connectivity index (χ3n) is 4.70. The van der Waals surface area contributed by atoms with E-state index in [1.54, 1.807) is 26.0 Å². The second-order valence-corrected chi connectivity index (χ2v) is 6.98. The lowest BCUT2D eigenvalue weighted by Crippen LogP contribution is -2.27. The first-order chi connectivity index (χ1) is 15.1. The van der Waals surface area contributed by atoms with Gasteiger partial charge in [0, 0.05) is 11.3 Å². The number of hydrogen-bond donors (Lipinski definition) is 2. The Kier molecular flexibility index (Phi) is 6.50. The topological polar surface area (TPSA) is 108 Å². The number of aromatic nitrogens is 1. The fourth-order valence-corrected chi connectivity index (χ4v) is 2.94. The summed E-state index contributed by atoms with van der Waals surface area (Å²) in [6.07, 6.45) is -4.61. The number of carbonyl (C=O) groups is 1. The molecule has 0 bridgehead atoms. The van der Waals surface area contributed by atoms with Gasteiger partial charge in [-0.25, -0.2) is 0 Å². The molecule has 2 atom stereocenters. The van der Waals surface area contributed by atoms with Gasteiger partial charge in [0.05, 0.1) is 17.8 Å². The molecule has 0 spiro atoms. The molecule has 0 aliphatic rings. The Balaban J connectivity index is 1.70. The van der Waals surface area contributed by atoms with E-state index < -0.39 is 29.7 Å². The van der Waals surface area contributed by atoms with E-state index in [4.69, 9.17) is 9.26 Å².